The van der Waals surface area contributed by atoms with Crippen molar-refractivity contribution in [3.8, 4) is 5.88 Å². The summed E-state index contributed by atoms with van der Waals surface area (Å²) in [7, 11) is 3.41. The van der Waals surface area contributed by atoms with Crippen LogP contribution in [0.5, 0.6) is 5.88 Å². The lowest BCUT2D eigenvalue weighted by Gasteiger charge is -1.97. The molecule has 2 N–H and O–H groups in total. The zero-order chi connectivity index (χ0) is 12.0. The van der Waals surface area contributed by atoms with E-state index in [4.69, 9.17) is 9.53 Å². The first-order chi connectivity index (χ1) is 7.76. The molecule has 0 aliphatic rings. The topological polar surface area (TPSA) is 79.9 Å². The first kappa shape index (κ1) is 12.0. The van der Waals surface area contributed by atoms with E-state index in [9.17, 15) is 0 Å². The molecule has 0 spiro atoms. The predicted octanol–water partition coefficient (Wildman–Crippen LogP) is 1.21. The number of rotatable bonds is 2. The first-order valence-electron chi connectivity index (χ1n) is 4.72. The Morgan fingerprint density at radius 3 is 2.81 bits per heavy atom. The van der Waals surface area contributed by atoms with E-state index in [2.05, 4.69) is 20.5 Å². The van der Waals surface area contributed by atoms with Gasteiger partial charge in [-0.1, -0.05) is 0 Å². The molecule has 0 aromatic carbocycles. The standard InChI is InChI=1S/C8H10N4O.C2H4O/c1-9-7-3-6-5(4-10-7)8(13-2)12-11-6;1-2-3/h3-4H,1-2H3,(H,9,10)(H,11,12);2H,1H3. The average Bonchev–Trinajstić information content (AvgIpc) is 2.71. The number of aromatic nitrogens is 3. The number of nitrogens with one attached hydrogen (secondary N) is 2. The molecule has 6 heteroatoms. The number of anilines is 1. The summed E-state index contributed by atoms with van der Waals surface area (Å²) < 4.78 is 5.04. The first-order valence-corrected chi connectivity index (χ1v) is 4.72. The Morgan fingerprint density at radius 2 is 2.25 bits per heavy atom. The van der Waals surface area contributed by atoms with Gasteiger partial charge in [-0.15, -0.1) is 5.10 Å². The van der Waals surface area contributed by atoms with Gasteiger partial charge in [-0.2, -0.15) is 0 Å². The van der Waals surface area contributed by atoms with Crippen LogP contribution in [0.3, 0.4) is 0 Å². The van der Waals surface area contributed by atoms with Crippen molar-refractivity contribution in [2.24, 2.45) is 0 Å². The van der Waals surface area contributed by atoms with E-state index in [1.807, 2.05) is 13.1 Å². The van der Waals surface area contributed by atoms with Crippen molar-refractivity contribution in [1.82, 2.24) is 15.2 Å². The van der Waals surface area contributed by atoms with Gasteiger partial charge in [0.1, 0.15) is 12.1 Å². The Labute approximate surface area is 93.0 Å². The van der Waals surface area contributed by atoms with Gasteiger partial charge in [0.25, 0.3) is 0 Å². The maximum Gasteiger partial charge on any atom is 0.241 e. The van der Waals surface area contributed by atoms with Gasteiger partial charge in [0.2, 0.25) is 5.88 Å². The Balaban J connectivity index is 0.000000386. The summed E-state index contributed by atoms with van der Waals surface area (Å²) in [6.45, 7) is 1.44. The van der Waals surface area contributed by atoms with Gasteiger partial charge >= 0.3 is 0 Å². The van der Waals surface area contributed by atoms with Crippen LogP contribution >= 0.6 is 0 Å². The predicted molar refractivity (Wildman–Crippen MR) is 61.7 cm³/mol. The molecule has 0 atom stereocenters. The van der Waals surface area contributed by atoms with E-state index >= 15 is 0 Å². The third kappa shape index (κ3) is 2.47. The van der Waals surface area contributed by atoms with Crippen molar-refractivity contribution in [2.45, 2.75) is 6.92 Å². The lowest BCUT2D eigenvalue weighted by Crippen LogP contribution is -1.90. The van der Waals surface area contributed by atoms with Crippen molar-refractivity contribution in [2.75, 3.05) is 19.5 Å². The fourth-order valence-electron chi connectivity index (χ4n) is 1.18. The highest BCUT2D eigenvalue weighted by Crippen LogP contribution is 2.22. The molecule has 0 fully saturated rings. The molecule has 2 aromatic heterocycles. The molecular formula is C10H14N4O2. The average molecular weight is 222 g/mol. The number of fused-ring (bicyclic) bond motifs is 1. The smallest absolute Gasteiger partial charge is 0.241 e. The highest BCUT2D eigenvalue weighted by Gasteiger charge is 2.05. The molecule has 2 aromatic rings. The molecule has 0 aliphatic carbocycles. The summed E-state index contributed by atoms with van der Waals surface area (Å²) in [5.41, 5.74) is 0.913. The lowest BCUT2D eigenvalue weighted by molar-refractivity contribution is -0.106. The van der Waals surface area contributed by atoms with Gasteiger partial charge < -0.3 is 14.8 Å². The number of carbonyl (C=O) groups is 1. The number of aromatic amines is 1. The normalized spacial score (nSPS) is 9.19. The third-order valence-electron chi connectivity index (χ3n) is 1.86. The van der Waals surface area contributed by atoms with E-state index in [-0.39, 0.29) is 0 Å². The molecule has 2 heterocycles. The highest BCUT2D eigenvalue weighted by molar-refractivity contribution is 5.84. The van der Waals surface area contributed by atoms with Crippen LogP contribution in [0.4, 0.5) is 5.82 Å². The zero-order valence-corrected chi connectivity index (χ0v) is 9.44. The monoisotopic (exact) mass is 222 g/mol. The molecule has 86 valence electrons. The summed E-state index contributed by atoms with van der Waals surface area (Å²) >= 11 is 0. The number of hydrogen-bond acceptors (Lipinski definition) is 5. The molecule has 6 nitrogen and oxygen atoms in total. The van der Waals surface area contributed by atoms with E-state index in [0.29, 0.717) is 5.88 Å². The number of carbonyl (C=O) groups excluding carboxylic acids is 1. The van der Waals surface area contributed by atoms with Crippen molar-refractivity contribution >= 4 is 23.0 Å². The van der Waals surface area contributed by atoms with Crippen LogP contribution < -0.4 is 10.1 Å². The number of nitrogens with zero attached hydrogens (tertiary/aromatic N) is 2. The number of H-pyrrole nitrogens is 1. The Bertz CT molecular complexity index is 467. The second-order valence-corrected chi connectivity index (χ2v) is 2.83. The van der Waals surface area contributed by atoms with Gasteiger partial charge in [-0.25, -0.2) is 4.98 Å². The number of hydrogen-bond donors (Lipinski definition) is 2. The van der Waals surface area contributed by atoms with Crippen LogP contribution in [0.15, 0.2) is 12.3 Å². The fourth-order valence-corrected chi connectivity index (χ4v) is 1.18. The second kappa shape index (κ2) is 5.69. The fraction of sp³-hybridized carbons (Fsp3) is 0.300. The van der Waals surface area contributed by atoms with Crippen LogP contribution in [0, 0.1) is 0 Å². The van der Waals surface area contributed by atoms with Gasteiger partial charge in [0.05, 0.1) is 18.0 Å². The number of methoxy groups -OCH3 is 1. The summed E-state index contributed by atoms with van der Waals surface area (Å²) in [5, 5.41) is 10.7. The van der Waals surface area contributed by atoms with Crippen LogP contribution in [0.1, 0.15) is 6.92 Å². The lowest BCUT2D eigenvalue weighted by atomic mass is 10.3. The van der Waals surface area contributed by atoms with E-state index in [1.165, 1.54) is 6.92 Å². The molecular weight excluding hydrogens is 208 g/mol. The number of ether oxygens (including phenoxy) is 1. The highest BCUT2D eigenvalue weighted by atomic mass is 16.5. The van der Waals surface area contributed by atoms with Gasteiger partial charge in [0, 0.05) is 19.3 Å². The molecule has 2 rings (SSSR count). The Morgan fingerprint density at radius 1 is 1.56 bits per heavy atom. The summed E-state index contributed by atoms with van der Waals surface area (Å²) in [5.74, 6) is 1.38. The third-order valence-corrected chi connectivity index (χ3v) is 1.86. The van der Waals surface area contributed by atoms with Crippen LogP contribution in [-0.2, 0) is 4.79 Å². The maximum atomic E-state index is 8.81. The second-order valence-electron chi connectivity index (χ2n) is 2.83. The van der Waals surface area contributed by atoms with Gasteiger partial charge in [-0.3, -0.25) is 5.10 Å². The maximum absolute atomic E-state index is 8.81. The van der Waals surface area contributed by atoms with Gasteiger partial charge in [0.15, 0.2) is 0 Å². The minimum absolute atomic E-state index is 0.574. The molecule has 0 amide bonds. The molecule has 0 radical (unpaired) electrons. The summed E-state index contributed by atoms with van der Waals surface area (Å²) in [6, 6.07) is 1.88. The molecule has 0 aliphatic heterocycles. The minimum atomic E-state index is 0.574. The molecule has 0 unspecified atom stereocenters. The molecule has 0 bridgehead atoms. The van der Waals surface area contributed by atoms with Crippen LogP contribution in [0.25, 0.3) is 10.9 Å². The van der Waals surface area contributed by atoms with Crippen molar-refractivity contribution in [1.29, 1.82) is 0 Å². The Kier molecular flexibility index (Phi) is 4.26. The molecule has 16 heavy (non-hydrogen) atoms. The van der Waals surface area contributed by atoms with Gasteiger partial charge in [-0.05, 0) is 6.92 Å². The zero-order valence-electron chi connectivity index (χ0n) is 9.44. The minimum Gasteiger partial charge on any atom is -0.479 e. The summed E-state index contributed by atoms with van der Waals surface area (Å²) in [4.78, 5) is 13.0. The van der Waals surface area contributed by atoms with Crippen molar-refractivity contribution in [3.05, 3.63) is 12.3 Å². The number of aldehydes is 1. The SMILES string of the molecule is CC=O.CNc1cc2[nH]nc(OC)c2cn1. The van der Waals surface area contributed by atoms with E-state index < -0.39 is 0 Å². The molecule has 0 saturated heterocycles. The van der Waals surface area contributed by atoms with E-state index in [0.717, 1.165) is 23.0 Å². The summed E-state index contributed by atoms with van der Waals surface area (Å²) in [6.07, 6.45) is 2.48. The largest absolute Gasteiger partial charge is 0.479 e. The van der Waals surface area contributed by atoms with E-state index in [1.54, 1.807) is 13.3 Å². The number of pyridine rings is 1. The van der Waals surface area contributed by atoms with Crippen molar-refractivity contribution in [3.63, 3.8) is 0 Å². The Hall–Kier alpha value is -2.11. The van der Waals surface area contributed by atoms with Crippen LogP contribution in [-0.4, -0.2) is 35.6 Å². The molecule has 0 saturated carbocycles. The van der Waals surface area contributed by atoms with Crippen molar-refractivity contribution < 1.29 is 9.53 Å². The van der Waals surface area contributed by atoms with Crippen LogP contribution in [0.2, 0.25) is 0 Å². The quantitative estimate of drug-likeness (QED) is 0.746.